The molecule has 3 heterocycles. The van der Waals surface area contributed by atoms with E-state index in [0.717, 1.165) is 98.9 Å². The highest BCUT2D eigenvalue weighted by atomic mass is 32.2. The largest absolute Gasteiger partial charge is 0.493 e. The summed E-state index contributed by atoms with van der Waals surface area (Å²) in [5.74, 6) is 3.22. The molecule has 0 unspecified atom stereocenters. The summed E-state index contributed by atoms with van der Waals surface area (Å²) in [5, 5.41) is 0.944. The number of sulfone groups is 1. The Morgan fingerprint density at radius 2 is 1.70 bits per heavy atom. The SMILES string of the molecule is CS(=O)(=O)CCCOc1cccc2c1ccn2-c1ccnc(CC2CCC(C(=O)N3CCC(OC(=O)C4CCCC4)CC3)CC2)n1. The van der Waals surface area contributed by atoms with Crippen molar-refractivity contribution in [2.45, 2.75) is 83.2 Å². The lowest BCUT2D eigenvalue weighted by molar-refractivity contribution is -0.157. The number of carbonyl (C=O) groups is 2. The molecular formula is C35H46N4O6S. The van der Waals surface area contributed by atoms with Gasteiger partial charge in [-0.2, -0.15) is 0 Å². The first-order chi connectivity index (χ1) is 22.2. The van der Waals surface area contributed by atoms with Crippen molar-refractivity contribution >= 4 is 32.6 Å². The molecule has 0 atom stereocenters. The molecule has 6 rings (SSSR count). The van der Waals surface area contributed by atoms with E-state index in [1.54, 1.807) is 6.20 Å². The van der Waals surface area contributed by atoms with Crippen LogP contribution < -0.4 is 4.74 Å². The van der Waals surface area contributed by atoms with Gasteiger partial charge in [-0.1, -0.05) is 18.9 Å². The van der Waals surface area contributed by atoms with Gasteiger partial charge in [0.05, 0.1) is 23.8 Å². The molecule has 46 heavy (non-hydrogen) atoms. The standard InChI is InChI=1S/C35H46N4O6S/c1-46(42,43)23-5-22-44-31-9-4-8-30-29(31)17-21-39(30)33-14-18-36-32(37-33)24-25-10-12-26(13-11-25)34(40)38-19-15-28(16-20-38)45-35(41)27-6-2-3-7-27/h4,8-9,14,17-18,21,25-28H,2-3,5-7,10-13,15-16,19-20,22-24H2,1H3. The van der Waals surface area contributed by atoms with Crippen LogP contribution in [0.5, 0.6) is 5.75 Å². The second kappa shape index (κ2) is 14.5. The third-order valence-electron chi connectivity index (χ3n) is 9.94. The Balaban J connectivity index is 0.985. The van der Waals surface area contributed by atoms with Crippen molar-refractivity contribution in [3.8, 4) is 11.6 Å². The molecule has 248 valence electrons. The number of aromatic nitrogens is 3. The molecule has 0 bridgehead atoms. The van der Waals surface area contributed by atoms with Gasteiger partial charge in [0.2, 0.25) is 5.91 Å². The van der Waals surface area contributed by atoms with Crippen molar-refractivity contribution in [2.75, 3.05) is 31.7 Å². The molecule has 2 saturated carbocycles. The first-order valence-corrected chi connectivity index (χ1v) is 19.0. The van der Waals surface area contributed by atoms with Crippen LogP contribution >= 0.6 is 0 Å². The van der Waals surface area contributed by atoms with E-state index in [0.29, 0.717) is 32.0 Å². The van der Waals surface area contributed by atoms with Gasteiger partial charge in [0.25, 0.3) is 0 Å². The van der Waals surface area contributed by atoms with E-state index in [1.807, 2.05) is 46.0 Å². The van der Waals surface area contributed by atoms with E-state index in [2.05, 4.69) is 4.98 Å². The van der Waals surface area contributed by atoms with E-state index in [4.69, 9.17) is 14.5 Å². The summed E-state index contributed by atoms with van der Waals surface area (Å²) < 4.78 is 36.6. The smallest absolute Gasteiger partial charge is 0.309 e. The molecule has 0 radical (unpaired) electrons. The molecule has 1 aliphatic heterocycles. The number of rotatable bonds is 11. The molecule has 2 aliphatic carbocycles. The van der Waals surface area contributed by atoms with Gasteiger partial charge in [0.15, 0.2) is 0 Å². The first kappa shape index (κ1) is 32.5. The van der Waals surface area contributed by atoms with Crippen molar-refractivity contribution in [2.24, 2.45) is 17.8 Å². The van der Waals surface area contributed by atoms with Gasteiger partial charge in [-0.3, -0.25) is 9.59 Å². The Morgan fingerprint density at radius 1 is 0.935 bits per heavy atom. The minimum absolute atomic E-state index is 0.0311. The molecule has 0 spiro atoms. The highest BCUT2D eigenvalue weighted by Crippen LogP contribution is 2.34. The number of ether oxygens (including phenoxy) is 2. The van der Waals surface area contributed by atoms with E-state index in [9.17, 15) is 18.0 Å². The van der Waals surface area contributed by atoms with Gasteiger partial charge in [0, 0.05) is 62.3 Å². The van der Waals surface area contributed by atoms with Gasteiger partial charge in [0.1, 0.15) is 33.3 Å². The zero-order chi connectivity index (χ0) is 32.1. The normalized spacial score (nSPS) is 21.5. The zero-order valence-electron chi connectivity index (χ0n) is 26.8. The number of piperidine rings is 1. The molecule has 0 N–H and O–H groups in total. The highest BCUT2D eigenvalue weighted by molar-refractivity contribution is 7.90. The molecule has 1 aromatic carbocycles. The number of likely N-dealkylation sites (tertiary alicyclic amines) is 1. The molecule has 3 fully saturated rings. The lowest BCUT2D eigenvalue weighted by Crippen LogP contribution is -2.45. The molecular weight excluding hydrogens is 604 g/mol. The Bertz CT molecular complexity index is 1620. The Labute approximate surface area is 271 Å². The minimum atomic E-state index is -3.01. The van der Waals surface area contributed by atoms with Crippen LogP contribution in [0.15, 0.2) is 42.7 Å². The van der Waals surface area contributed by atoms with Crippen LogP contribution in [-0.4, -0.2) is 77.5 Å². The van der Waals surface area contributed by atoms with Crippen molar-refractivity contribution in [1.82, 2.24) is 19.4 Å². The van der Waals surface area contributed by atoms with Crippen LogP contribution in [0.1, 0.15) is 76.5 Å². The number of hydrogen-bond donors (Lipinski definition) is 0. The zero-order valence-corrected chi connectivity index (χ0v) is 27.6. The van der Waals surface area contributed by atoms with Gasteiger partial charge >= 0.3 is 5.97 Å². The fourth-order valence-electron chi connectivity index (χ4n) is 7.34. The van der Waals surface area contributed by atoms with E-state index >= 15 is 0 Å². The fourth-order valence-corrected chi connectivity index (χ4v) is 7.98. The molecule has 3 aromatic rings. The van der Waals surface area contributed by atoms with Crippen LogP contribution in [0.2, 0.25) is 0 Å². The molecule has 1 amide bonds. The van der Waals surface area contributed by atoms with Crippen LogP contribution in [0.25, 0.3) is 16.7 Å². The Morgan fingerprint density at radius 3 is 2.43 bits per heavy atom. The number of carbonyl (C=O) groups excluding carboxylic acids is 2. The summed E-state index contributed by atoms with van der Waals surface area (Å²) in [6.07, 6.45) is 15.5. The third-order valence-corrected chi connectivity index (χ3v) is 11.0. The third kappa shape index (κ3) is 8.08. The number of nitrogens with zero attached hydrogens (tertiary/aromatic N) is 4. The van der Waals surface area contributed by atoms with Crippen molar-refractivity contribution < 1.29 is 27.5 Å². The maximum absolute atomic E-state index is 13.3. The Kier molecular flexibility index (Phi) is 10.3. The van der Waals surface area contributed by atoms with Crippen molar-refractivity contribution in [3.05, 3.63) is 48.5 Å². The lowest BCUT2D eigenvalue weighted by Gasteiger charge is -2.36. The van der Waals surface area contributed by atoms with Gasteiger partial charge < -0.3 is 18.9 Å². The summed E-state index contributed by atoms with van der Waals surface area (Å²) in [5.41, 5.74) is 0.959. The molecule has 1 saturated heterocycles. The van der Waals surface area contributed by atoms with Gasteiger partial charge in [-0.05, 0) is 75.1 Å². The summed E-state index contributed by atoms with van der Waals surface area (Å²) in [6.45, 7) is 1.68. The second-order valence-electron chi connectivity index (χ2n) is 13.4. The number of fused-ring (bicyclic) bond motifs is 1. The number of amides is 1. The number of benzene rings is 1. The van der Waals surface area contributed by atoms with Crippen LogP contribution in [0, 0.1) is 17.8 Å². The predicted molar refractivity (Wildman–Crippen MR) is 175 cm³/mol. The number of esters is 1. The quantitative estimate of drug-likeness (QED) is 0.202. The molecule has 3 aliphatic rings. The first-order valence-electron chi connectivity index (χ1n) is 17.0. The summed E-state index contributed by atoms with van der Waals surface area (Å²) in [4.78, 5) is 37.2. The second-order valence-corrected chi connectivity index (χ2v) is 15.7. The topological polar surface area (TPSA) is 121 Å². The molecule has 11 heteroatoms. The van der Waals surface area contributed by atoms with Crippen molar-refractivity contribution in [3.63, 3.8) is 0 Å². The summed E-state index contributed by atoms with van der Waals surface area (Å²) in [6, 6.07) is 9.74. The average molecular weight is 651 g/mol. The van der Waals surface area contributed by atoms with Crippen LogP contribution in [0.4, 0.5) is 0 Å². The van der Waals surface area contributed by atoms with Gasteiger partial charge in [-0.15, -0.1) is 0 Å². The number of hydrogen-bond acceptors (Lipinski definition) is 8. The van der Waals surface area contributed by atoms with E-state index in [1.165, 1.54) is 6.26 Å². The van der Waals surface area contributed by atoms with Crippen molar-refractivity contribution in [1.29, 1.82) is 0 Å². The van der Waals surface area contributed by atoms with Crippen LogP contribution in [0.3, 0.4) is 0 Å². The maximum atomic E-state index is 13.3. The fraction of sp³-hybridized carbons (Fsp3) is 0.600. The van der Waals surface area contributed by atoms with E-state index < -0.39 is 9.84 Å². The Hall–Kier alpha value is -3.47. The highest BCUT2D eigenvalue weighted by Gasteiger charge is 2.34. The molecule has 10 nitrogen and oxygen atoms in total. The minimum Gasteiger partial charge on any atom is -0.493 e. The van der Waals surface area contributed by atoms with Gasteiger partial charge in [-0.25, -0.2) is 18.4 Å². The summed E-state index contributed by atoms with van der Waals surface area (Å²) in [7, 11) is -3.01. The predicted octanol–water partition coefficient (Wildman–Crippen LogP) is 5.31. The molecule has 2 aromatic heterocycles. The summed E-state index contributed by atoms with van der Waals surface area (Å²) >= 11 is 0. The van der Waals surface area contributed by atoms with Crippen LogP contribution in [-0.2, 0) is 30.6 Å². The monoisotopic (exact) mass is 650 g/mol. The average Bonchev–Trinajstić information content (AvgIpc) is 3.75. The van der Waals surface area contributed by atoms with E-state index in [-0.39, 0.29) is 35.6 Å². The maximum Gasteiger partial charge on any atom is 0.309 e. The lowest BCUT2D eigenvalue weighted by atomic mass is 9.79.